The van der Waals surface area contributed by atoms with Gasteiger partial charge in [0.25, 0.3) is 0 Å². The van der Waals surface area contributed by atoms with Gasteiger partial charge in [-0.1, -0.05) is 62.4 Å². The van der Waals surface area contributed by atoms with Crippen molar-refractivity contribution in [2.75, 3.05) is 19.7 Å². The molecule has 262 valence electrons. The third kappa shape index (κ3) is 4.80. The van der Waals surface area contributed by atoms with Crippen LogP contribution in [0.15, 0.2) is 76.9 Å². The second-order valence-electron chi connectivity index (χ2n) is 16.7. The first-order valence-corrected chi connectivity index (χ1v) is 18.6. The molecule has 2 heterocycles. The van der Waals surface area contributed by atoms with Gasteiger partial charge in [0.1, 0.15) is 0 Å². The zero-order valence-corrected chi connectivity index (χ0v) is 29.2. The SMILES string of the molecule is C[C@@H](NC(=O)N(C[C@H]1CCCO1)C[C@]1(O)CC[C@H]2[C@]34C=C[C@@]5(C=C3C(=O)c3ccco3)CC(O)CC[C@]5(C)[C@H]4CC[C@@]21C)c1ccccc1. The number of nitrogens with zero attached hydrogens (tertiary/aromatic N) is 1. The van der Waals surface area contributed by atoms with Gasteiger partial charge in [-0.15, -0.1) is 0 Å². The highest BCUT2D eigenvalue weighted by atomic mass is 16.5. The summed E-state index contributed by atoms with van der Waals surface area (Å²) >= 11 is 0. The van der Waals surface area contributed by atoms with Crippen LogP contribution in [0.2, 0.25) is 0 Å². The van der Waals surface area contributed by atoms with Crippen LogP contribution in [0, 0.1) is 33.5 Å². The molecule has 0 radical (unpaired) electrons. The Kier molecular flexibility index (Phi) is 7.86. The Morgan fingerprint density at radius 1 is 0.980 bits per heavy atom. The second-order valence-corrected chi connectivity index (χ2v) is 16.7. The Balaban J connectivity index is 1.15. The highest BCUT2D eigenvalue weighted by Crippen LogP contribution is 2.78. The number of Topliss-reactive ketones (excluding diaryl/α,β-unsaturated/α-hetero) is 1. The number of aliphatic hydroxyl groups is 2. The fraction of sp³-hybridized carbons (Fsp3) is 0.610. The van der Waals surface area contributed by atoms with Crippen LogP contribution in [0.4, 0.5) is 4.79 Å². The molecule has 49 heavy (non-hydrogen) atoms. The number of rotatable bonds is 8. The maximum Gasteiger partial charge on any atom is 0.318 e. The summed E-state index contributed by atoms with van der Waals surface area (Å²) in [5.74, 6) is 0.426. The lowest BCUT2D eigenvalue weighted by atomic mass is 9.32. The molecule has 1 unspecified atom stereocenters. The molecule has 3 saturated carbocycles. The van der Waals surface area contributed by atoms with Gasteiger partial charge in [-0.05, 0) is 99.7 Å². The average molecular weight is 669 g/mol. The number of ether oxygens (including phenoxy) is 1. The van der Waals surface area contributed by atoms with E-state index in [2.05, 4.69) is 37.4 Å². The Morgan fingerprint density at radius 2 is 1.73 bits per heavy atom. The molecule has 2 amide bonds. The topological polar surface area (TPSA) is 112 Å². The van der Waals surface area contributed by atoms with Gasteiger partial charge in [0.2, 0.25) is 5.78 Å². The Labute approximate surface area is 290 Å². The van der Waals surface area contributed by atoms with Crippen molar-refractivity contribution in [3.05, 3.63) is 83.9 Å². The largest absolute Gasteiger partial charge is 0.461 e. The van der Waals surface area contributed by atoms with E-state index in [1.165, 1.54) is 0 Å². The van der Waals surface area contributed by atoms with Crippen LogP contribution in [0.1, 0.15) is 101 Å². The molecule has 9 rings (SSSR count). The Morgan fingerprint density at radius 3 is 2.47 bits per heavy atom. The van der Waals surface area contributed by atoms with Crippen molar-refractivity contribution in [3.63, 3.8) is 0 Å². The predicted octanol–water partition coefficient (Wildman–Crippen LogP) is 7.01. The lowest BCUT2D eigenvalue weighted by Crippen LogP contribution is -2.67. The maximum atomic E-state index is 14.5. The summed E-state index contributed by atoms with van der Waals surface area (Å²) in [6.07, 6.45) is 15.0. The molecule has 2 spiro atoms. The van der Waals surface area contributed by atoms with Gasteiger partial charge in [0, 0.05) is 35.0 Å². The summed E-state index contributed by atoms with van der Waals surface area (Å²) < 4.78 is 11.7. The number of hydrogen-bond acceptors (Lipinski definition) is 6. The first-order valence-electron chi connectivity index (χ1n) is 18.6. The van der Waals surface area contributed by atoms with Gasteiger partial charge in [0.15, 0.2) is 5.76 Å². The molecule has 2 aromatic rings. The monoisotopic (exact) mass is 668 g/mol. The zero-order valence-electron chi connectivity index (χ0n) is 29.2. The molecule has 7 aliphatic rings. The van der Waals surface area contributed by atoms with E-state index in [-0.39, 0.29) is 47.8 Å². The third-order valence-electron chi connectivity index (χ3n) is 14.5. The van der Waals surface area contributed by atoms with Gasteiger partial charge in [0.05, 0.1) is 36.7 Å². The molecule has 6 aliphatic carbocycles. The van der Waals surface area contributed by atoms with Crippen molar-refractivity contribution < 1.29 is 29.0 Å². The quantitative estimate of drug-likeness (QED) is 0.206. The number of allylic oxidation sites excluding steroid dienone is 4. The molecular formula is C41H52N2O6. The minimum Gasteiger partial charge on any atom is -0.461 e. The maximum absolute atomic E-state index is 14.5. The van der Waals surface area contributed by atoms with E-state index >= 15 is 0 Å². The van der Waals surface area contributed by atoms with Crippen molar-refractivity contribution >= 4 is 11.8 Å². The van der Waals surface area contributed by atoms with Crippen LogP contribution < -0.4 is 5.32 Å². The molecule has 1 saturated heterocycles. The van der Waals surface area contributed by atoms with Crippen molar-refractivity contribution in [3.8, 4) is 0 Å². The number of carbonyl (C=O) groups excluding carboxylic acids is 2. The zero-order chi connectivity index (χ0) is 34.2. The smallest absolute Gasteiger partial charge is 0.318 e. The van der Waals surface area contributed by atoms with E-state index in [1.54, 1.807) is 18.4 Å². The molecule has 10 atom stereocenters. The fourth-order valence-electron chi connectivity index (χ4n) is 11.8. The van der Waals surface area contributed by atoms with E-state index in [1.807, 2.05) is 42.2 Å². The summed E-state index contributed by atoms with van der Waals surface area (Å²) in [7, 11) is 0. The molecule has 1 aromatic carbocycles. The Bertz CT molecular complexity index is 1650. The summed E-state index contributed by atoms with van der Waals surface area (Å²) in [4.78, 5) is 30.4. The van der Waals surface area contributed by atoms with Crippen LogP contribution in [0.5, 0.6) is 0 Å². The lowest BCUT2D eigenvalue weighted by molar-refractivity contribution is -0.175. The number of nitrogens with one attached hydrogen (secondary N) is 1. The van der Waals surface area contributed by atoms with Gasteiger partial charge < -0.3 is 29.6 Å². The van der Waals surface area contributed by atoms with Crippen molar-refractivity contribution in [1.82, 2.24) is 10.2 Å². The van der Waals surface area contributed by atoms with E-state index in [4.69, 9.17) is 9.15 Å². The number of ketones is 1. The van der Waals surface area contributed by atoms with Crippen LogP contribution in [-0.2, 0) is 4.74 Å². The van der Waals surface area contributed by atoms with Gasteiger partial charge >= 0.3 is 6.03 Å². The number of amides is 2. The van der Waals surface area contributed by atoms with Gasteiger partial charge in [-0.2, -0.15) is 0 Å². The molecule has 3 N–H and O–H groups in total. The van der Waals surface area contributed by atoms with Gasteiger partial charge in [-0.3, -0.25) is 4.79 Å². The fourth-order valence-corrected chi connectivity index (χ4v) is 11.8. The number of furan rings is 1. The highest BCUT2D eigenvalue weighted by Gasteiger charge is 2.74. The lowest BCUT2D eigenvalue weighted by Gasteiger charge is -2.71. The van der Waals surface area contributed by atoms with Crippen molar-refractivity contribution in [2.45, 2.75) is 102 Å². The Hall–Kier alpha value is -3.20. The van der Waals surface area contributed by atoms with Crippen LogP contribution >= 0.6 is 0 Å². The van der Waals surface area contributed by atoms with Crippen molar-refractivity contribution in [2.24, 2.45) is 33.5 Å². The second kappa shape index (κ2) is 11.7. The summed E-state index contributed by atoms with van der Waals surface area (Å²) in [6, 6.07) is 13.1. The molecule has 1 aliphatic heterocycles. The molecule has 8 heteroatoms. The first kappa shape index (κ1) is 33.0. The average Bonchev–Trinajstić information content (AvgIpc) is 3.87. The molecule has 4 fully saturated rings. The van der Waals surface area contributed by atoms with Gasteiger partial charge in [-0.25, -0.2) is 4.79 Å². The highest BCUT2D eigenvalue weighted by molar-refractivity contribution is 6.08. The minimum atomic E-state index is -1.16. The standard InChI is InChI=1S/C41H52N2O6/c1-27(28-9-5-4-6-10-28)42-36(46)43(25-30-11-7-21-48-30)26-40(47)18-15-34-38(40,3)17-14-33-37(2)16-13-29(44)23-39(37)19-20-41(33,34)31(24-39)35(45)32-12-8-22-49-32/h4-6,8-10,12,19-20,22,24,27,29-30,33-34,44,47H,7,11,13-18,21,23,25-26H2,1-3H3,(H,42,46)/t27-,29?,30-,33-,34-,37-,38+,39+,40-,41-/m1/s1. The number of fused-ring (bicyclic) bond motifs is 1. The van der Waals surface area contributed by atoms with Crippen LogP contribution in [-0.4, -0.2) is 64.4 Å². The summed E-state index contributed by atoms with van der Waals surface area (Å²) in [5.41, 5.74) is -1.02. The summed E-state index contributed by atoms with van der Waals surface area (Å²) in [6.45, 7) is 7.92. The number of urea groups is 1. The number of carbonyl (C=O) groups is 2. The summed E-state index contributed by atoms with van der Waals surface area (Å²) in [5, 5.41) is 27.2. The number of aliphatic hydroxyl groups excluding tert-OH is 1. The van der Waals surface area contributed by atoms with E-state index in [0.29, 0.717) is 31.8 Å². The molecule has 1 aromatic heterocycles. The minimum absolute atomic E-state index is 0.0111. The van der Waals surface area contributed by atoms with E-state index in [0.717, 1.165) is 56.1 Å². The number of hydrogen-bond donors (Lipinski definition) is 3. The number of benzene rings is 1. The third-order valence-corrected chi connectivity index (χ3v) is 14.5. The first-order chi connectivity index (χ1) is 23.4. The normalized spacial score (nSPS) is 41.0. The predicted molar refractivity (Wildman–Crippen MR) is 186 cm³/mol. The molecular weight excluding hydrogens is 616 g/mol. The van der Waals surface area contributed by atoms with E-state index in [9.17, 15) is 19.8 Å². The van der Waals surface area contributed by atoms with E-state index < -0.39 is 27.9 Å². The van der Waals surface area contributed by atoms with Crippen molar-refractivity contribution in [1.29, 1.82) is 0 Å². The van der Waals surface area contributed by atoms with Crippen LogP contribution in [0.25, 0.3) is 0 Å². The van der Waals surface area contributed by atoms with Crippen LogP contribution in [0.3, 0.4) is 0 Å². The molecule has 2 bridgehead atoms. The molecule has 8 nitrogen and oxygen atoms in total.